The van der Waals surface area contributed by atoms with E-state index in [2.05, 4.69) is 15.6 Å². The number of β-amino-alcohol motifs (C(OH)–C–C–N with tert-alkyl or cyclic N) is 1. The Kier molecular flexibility index (Phi) is 16.6. The van der Waals surface area contributed by atoms with Crippen LogP contribution in [0.1, 0.15) is 80.2 Å². The second-order valence-electron chi connectivity index (χ2n) is 19.2. The molecule has 1 unspecified atom stereocenters. The fraction of sp³-hybridized carbons (Fsp3) is 0.377. The Morgan fingerprint density at radius 1 is 0.932 bits per heavy atom. The van der Waals surface area contributed by atoms with Gasteiger partial charge in [0.25, 0.3) is 11.8 Å². The summed E-state index contributed by atoms with van der Waals surface area (Å²) in [7, 11) is 0. The first-order valence-electron chi connectivity index (χ1n) is 23.5. The summed E-state index contributed by atoms with van der Waals surface area (Å²) in [6.07, 6.45) is -5.09. The molecule has 2 aliphatic heterocycles. The van der Waals surface area contributed by atoms with Gasteiger partial charge in [0, 0.05) is 43.8 Å². The van der Waals surface area contributed by atoms with Gasteiger partial charge in [-0.2, -0.15) is 18.4 Å². The molecule has 0 bridgehead atoms. The molecule has 1 aromatic heterocycles. The fourth-order valence-electron chi connectivity index (χ4n) is 8.52. The molecule has 3 atom stereocenters. The third-order valence-electron chi connectivity index (χ3n) is 12.4. The molecule has 15 nitrogen and oxygen atoms in total. The number of hydrogen-bond donors (Lipinski definition) is 3. The highest BCUT2D eigenvalue weighted by Gasteiger charge is 2.51. The number of aryl methyl sites for hydroxylation is 1. The molecule has 2 saturated heterocycles. The molecule has 2 fully saturated rings. The smallest absolute Gasteiger partial charge is 0.417 e. The molecule has 0 saturated carbocycles. The molecule has 4 amide bonds. The van der Waals surface area contributed by atoms with E-state index in [0.717, 1.165) is 38.7 Å². The second kappa shape index (κ2) is 22.5. The Labute approximate surface area is 430 Å². The van der Waals surface area contributed by atoms with E-state index >= 15 is 0 Å². The molecule has 0 aliphatic carbocycles. The fourth-order valence-corrected chi connectivity index (χ4v) is 9.85. The predicted octanol–water partition coefficient (Wildman–Crippen LogP) is 8.21. The molecular weight excluding hydrogens is 984 g/mol. The van der Waals surface area contributed by atoms with Crippen molar-refractivity contribution in [3.63, 3.8) is 0 Å². The van der Waals surface area contributed by atoms with Crippen LogP contribution in [0.25, 0.3) is 10.4 Å². The number of aliphatic hydroxyl groups is 1. The Morgan fingerprint density at radius 2 is 1.58 bits per heavy atom. The number of carbonyl (C=O) groups excluding carboxylic acids is 4. The third kappa shape index (κ3) is 12.5. The van der Waals surface area contributed by atoms with Gasteiger partial charge < -0.3 is 39.8 Å². The summed E-state index contributed by atoms with van der Waals surface area (Å²) in [6.45, 7) is 12.0. The van der Waals surface area contributed by atoms with Crippen molar-refractivity contribution < 1.29 is 51.7 Å². The summed E-state index contributed by atoms with van der Waals surface area (Å²) in [5.41, 5.74) is 1.68. The van der Waals surface area contributed by atoms with Crippen molar-refractivity contribution in [2.45, 2.75) is 90.8 Å². The monoisotopic (exact) mass is 1040 g/mol. The van der Waals surface area contributed by atoms with Crippen molar-refractivity contribution >= 4 is 63.7 Å². The number of benzene rings is 4. The number of aliphatic hydroxyl groups excluding tert-OH is 1. The number of hydrogen-bond acceptors (Lipinski definition) is 12. The minimum atomic E-state index is -4.81. The molecule has 20 heteroatoms. The minimum absolute atomic E-state index is 0.0147. The zero-order chi connectivity index (χ0) is 52.8. The van der Waals surface area contributed by atoms with Gasteiger partial charge in [-0.1, -0.05) is 45.0 Å². The lowest BCUT2D eigenvalue weighted by Crippen LogP contribution is -2.57. The number of rotatable bonds is 18. The Morgan fingerprint density at radius 3 is 2.19 bits per heavy atom. The van der Waals surface area contributed by atoms with Gasteiger partial charge >= 0.3 is 6.18 Å². The van der Waals surface area contributed by atoms with Crippen molar-refractivity contribution in [2.75, 3.05) is 42.8 Å². The summed E-state index contributed by atoms with van der Waals surface area (Å²) in [5, 5.41) is 25.6. The molecular formula is C53H56F3N7O8S2. The normalized spacial score (nSPS) is 17.1. The van der Waals surface area contributed by atoms with E-state index in [1.54, 1.807) is 90.2 Å². The highest BCUT2D eigenvalue weighted by atomic mass is 32.1. The summed E-state index contributed by atoms with van der Waals surface area (Å²) < 4.78 is 58.6. The zero-order valence-corrected chi connectivity index (χ0v) is 42.8. The third-order valence-corrected chi connectivity index (χ3v) is 13.8. The van der Waals surface area contributed by atoms with Crippen molar-refractivity contribution in [1.29, 1.82) is 5.26 Å². The summed E-state index contributed by atoms with van der Waals surface area (Å²) in [6, 6.07) is 23.7. The average molecular weight is 1040 g/mol. The molecule has 384 valence electrons. The number of halogens is 3. The van der Waals surface area contributed by atoms with Gasteiger partial charge in [0.15, 0.2) is 5.11 Å². The van der Waals surface area contributed by atoms with E-state index in [1.165, 1.54) is 11.0 Å². The van der Waals surface area contributed by atoms with Gasteiger partial charge in [-0.05, 0) is 116 Å². The Bertz CT molecular complexity index is 2860. The molecule has 73 heavy (non-hydrogen) atoms. The number of nitrogens with zero attached hydrogens (tertiary/aromatic N) is 5. The SMILES string of the molecule is Cc1ncsc1-c1ccc(CNC(=O)[C@@H]2C[C@@H](O)CN2C(=O)C(NC(=O)c2ccc(OCCOCCCOc3ccc(N4C(=S)N(c5ccc(C#N)c(C(F)(F)F)c5)C(=O)C4(C)C)cc3)cc2)C(C)(C)C)cc1. The van der Waals surface area contributed by atoms with Crippen molar-refractivity contribution in [2.24, 2.45) is 5.41 Å². The zero-order valence-electron chi connectivity index (χ0n) is 41.1. The van der Waals surface area contributed by atoms with Crippen molar-refractivity contribution in [3.8, 4) is 28.0 Å². The number of carbonyl (C=O) groups is 4. The summed E-state index contributed by atoms with van der Waals surface area (Å²) in [5.74, 6) is -0.844. The van der Waals surface area contributed by atoms with Gasteiger partial charge in [-0.15, -0.1) is 11.3 Å². The highest BCUT2D eigenvalue weighted by molar-refractivity contribution is 7.81. The lowest BCUT2D eigenvalue weighted by atomic mass is 9.85. The second-order valence-corrected chi connectivity index (χ2v) is 20.4. The summed E-state index contributed by atoms with van der Waals surface area (Å²) in [4.78, 5) is 64.1. The maximum atomic E-state index is 14.1. The van der Waals surface area contributed by atoms with Crippen LogP contribution in [0, 0.1) is 23.7 Å². The van der Waals surface area contributed by atoms with Crippen molar-refractivity contribution in [1.82, 2.24) is 20.5 Å². The van der Waals surface area contributed by atoms with Crippen LogP contribution in [0.4, 0.5) is 24.5 Å². The standard InChI is InChI=1S/C53H56F3N7O8S2/c1-32-44(73-31-59-32)34-10-8-33(9-11-34)29-58-47(66)43-27-39(64)30-61(43)48(67)45(51(2,3)4)60-46(65)35-13-18-40(19-14-35)71-25-24-69-22-7-23-70-41-20-16-37(17-21-41)63-50(72)62(49(68)52(63,5)6)38-15-12-36(28-57)42(26-38)53(54,55)56/h8-21,26,31,39,43,45,64H,7,22-25,27,29-30H2,1-6H3,(H,58,66)(H,60,65)/t39-,43+,45?/m1/s1. The van der Waals surface area contributed by atoms with Crippen LogP contribution in [0.15, 0.2) is 96.5 Å². The van der Waals surface area contributed by atoms with E-state index < -0.39 is 70.1 Å². The first-order chi connectivity index (χ1) is 34.6. The van der Waals surface area contributed by atoms with Gasteiger partial charge in [-0.3, -0.25) is 24.1 Å². The number of amides is 4. The maximum Gasteiger partial charge on any atom is 0.417 e. The molecule has 3 N–H and O–H groups in total. The number of alkyl halides is 3. The van der Waals surface area contributed by atoms with Gasteiger partial charge in [0.2, 0.25) is 11.8 Å². The summed E-state index contributed by atoms with van der Waals surface area (Å²) >= 11 is 7.18. The molecule has 2 aliphatic rings. The van der Waals surface area contributed by atoms with E-state index in [1.807, 2.05) is 52.0 Å². The molecule has 4 aromatic carbocycles. The molecule has 3 heterocycles. The minimum Gasteiger partial charge on any atom is -0.494 e. The average Bonchev–Trinajstić information content (AvgIpc) is 4.02. The number of anilines is 2. The van der Waals surface area contributed by atoms with Crippen LogP contribution >= 0.6 is 23.6 Å². The van der Waals surface area contributed by atoms with E-state index in [-0.39, 0.29) is 43.5 Å². The highest BCUT2D eigenvalue weighted by Crippen LogP contribution is 2.40. The first kappa shape index (κ1) is 53.9. The quantitative estimate of drug-likeness (QED) is 0.0565. The van der Waals surface area contributed by atoms with Gasteiger partial charge in [-0.25, -0.2) is 4.98 Å². The lowest BCUT2D eigenvalue weighted by molar-refractivity contribution is -0.142. The Hall–Kier alpha value is -6.92. The maximum absolute atomic E-state index is 14.1. The van der Waals surface area contributed by atoms with E-state index in [9.17, 15) is 42.7 Å². The topological polar surface area (TPSA) is 187 Å². The van der Waals surface area contributed by atoms with Crippen LogP contribution in [-0.4, -0.2) is 100 Å². The van der Waals surface area contributed by atoms with Gasteiger partial charge in [0.05, 0.1) is 58.3 Å². The van der Waals surface area contributed by atoms with Crippen LogP contribution in [0.3, 0.4) is 0 Å². The molecule has 0 radical (unpaired) electrons. The number of thiocarbonyl (C=S) groups is 1. The Balaban J connectivity index is 0.828. The van der Waals surface area contributed by atoms with E-state index in [4.69, 9.17) is 26.4 Å². The number of likely N-dealkylation sites (tertiary alicyclic amines) is 1. The van der Waals surface area contributed by atoms with Gasteiger partial charge in [0.1, 0.15) is 35.7 Å². The number of thiazole rings is 1. The van der Waals surface area contributed by atoms with Crippen molar-refractivity contribution in [3.05, 3.63) is 124 Å². The van der Waals surface area contributed by atoms with Crippen LogP contribution in [0.2, 0.25) is 0 Å². The van der Waals surface area contributed by atoms with Crippen LogP contribution in [0.5, 0.6) is 11.5 Å². The molecule has 0 spiro atoms. The predicted molar refractivity (Wildman–Crippen MR) is 273 cm³/mol. The molecule has 5 aromatic rings. The molecule has 7 rings (SSSR count). The van der Waals surface area contributed by atoms with Crippen LogP contribution < -0.4 is 29.9 Å². The number of nitrogens with one attached hydrogen (secondary N) is 2. The largest absolute Gasteiger partial charge is 0.494 e. The lowest BCUT2D eigenvalue weighted by Gasteiger charge is -2.35. The number of nitriles is 1. The number of aromatic nitrogens is 1. The number of ether oxygens (including phenoxy) is 3. The first-order valence-corrected chi connectivity index (χ1v) is 24.8. The van der Waals surface area contributed by atoms with Crippen LogP contribution in [-0.2, 0) is 31.8 Å². The van der Waals surface area contributed by atoms with E-state index in [0.29, 0.717) is 42.4 Å².